The standard InChI is InChI=1S/C15H22ClN3O5S/c1-11-9-18(10-12(2)24-11)7-3-6-17-25(22,23)15-5-4-13(16)8-14(15)19(20)21/h4-5,8,11-12,17H,3,6-7,9-10H2,1-2H3. The third kappa shape index (κ3) is 5.61. The van der Waals surface area contributed by atoms with Crippen molar-refractivity contribution in [3.63, 3.8) is 0 Å². The van der Waals surface area contributed by atoms with Gasteiger partial charge in [-0.3, -0.25) is 15.0 Å². The Morgan fingerprint density at radius 1 is 1.36 bits per heavy atom. The third-order valence-corrected chi connectivity index (χ3v) is 5.59. The van der Waals surface area contributed by atoms with E-state index in [1.54, 1.807) is 0 Å². The molecule has 0 amide bonds. The van der Waals surface area contributed by atoms with E-state index in [1.807, 2.05) is 13.8 Å². The van der Waals surface area contributed by atoms with Crippen LogP contribution < -0.4 is 4.72 Å². The molecular weight excluding hydrogens is 370 g/mol. The van der Waals surface area contributed by atoms with Crippen molar-refractivity contribution in [2.24, 2.45) is 0 Å². The van der Waals surface area contributed by atoms with Gasteiger partial charge in [0, 0.05) is 30.7 Å². The Morgan fingerprint density at radius 3 is 2.60 bits per heavy atom. The minimum atomic E-state index is -3.97. The van der Waals surface area contributed by atoms with E-state index in [0.717, 1.165) is 31.8 Å². The molecule has 2 rings (SSSR count). The summed E-state index contributed by atoms with van der Waals surface area (Å²) in [6, 6.07) is 3.50. The van der Waals surface area contributed by atoms with Crippen LogP contribution in [0.5, 0.6) is 0 Å². The quantitative estimate of drug-likeness (QED) is 0.433. The van der Waals surface area contributed by atoms with Crippen molar-refractivity contribution in [2.45, 2.75) is 37.4 Å². The Labute approximate surface area is 152 Å². The van der Waals surface area contributed by atoms with Crippen molar-refractivity contribution in [1.29, 1.82) is 0 Å². The van der Waals surface area contributed by atoms with Crippen LogP contribution in [0.2, 0.25) is 5.02 Å². The zero-order valence-corrected chi connectivity index (χ0v) is 15.7. The molecule has 2 atom stereocenters. The maximum atomic E-state index is 12.3. The van der Waals surface area contributed by atoms with Crippen molar-refractivity contribution < 1.29 is 18.1 Å². The summed E-state index contributed by atoms with van der Waals surface area (Å²) < 4.78 is 32.7. The van der Waals surface area contributed by atoms with Gasteiger partial charge in [0.1, 0.15) is 0 Å². The largest absolute Gasteiger partial charge is 0.373 e. The van der Waals surface area contributed by atoms with E-state index in [4.69, 9.17) is 16.3 Å². The monoisotopic (exact) mass is 391 g/mol. The second-order valence-electron chi connectivity index (χ2n) is 6.14. The number of nitrogens with one attached hydrogen (secondary N) is 1. The van der Waals surface area contributed by atoms with Crippen LogP contribution in [0.25, 0.3) is 0 Å². The summed E-state index contributed by atoms with van der Waals surface area (Å²) in [5.41, 5.74) is -0.532. The summed E-state index contributed by atoms with van der Waals surface area (Å²) in [6.45, 7) is 6.54. The van der Waals surface area contributed by atoms with E-state index in [-0.39, 0.29) is 28.7 Å². The van der Waals surface area contributed by atoms with E-state index in [9.17, 15) is 18.5 Å². The highest BCUT2D eigenvalue weighted by molar-refractivity contribution is 7.89. The Balaban J connectivity index is 1.93. The Morgan fingerprint density at radius 2 is 2.00 bits per heavy atom. The molecule has 2 unspecified atom stereocenters. The number of hydrogen-bond acceptors (Lipinski definition) is 6. The Kier molecular flexibility index (Phi) is 6.75. The summed E-state index contributed by atoms with van der Waals surface area (Å²) >= 11 is 5.71. The van der Waals surface area contributed by atoms with Gasteiger partial charge >= 0.3 is 0 Å². The number of nitro benzene ring substituents is 1. The number of hydrogen-bond donors (Lipinski definition) is 1. The van der Waals surface area contributed by atoms with Crippen LogP contribution in [0.15, 0.2) is 23.1 Å². The fourth-order valence-corrected chi connectivity index (χ4v) is 4.31. The molecular formula is C15H22ClN3O5S. The van der Waals surface area contributed by atoms with E-state index < -0.39 is 20.6 Å². The maximum absolute atomic E-state index is 12.3. The molecule has 0 saturated carbocycles. The lowest BCUT2D eigenvalue weighted by Gasteiger charge is -2.35. The van der Waals surface area contributed by atoms with Gasteiger partial charge in [-0.1, -0.05) is 11.6 Å². The average molecular weight is 392 g/mol. The number of morpholine rings is 1. The fraction of sp³-hybridized carbons (Fsp3) is 0.600. The first-order valence-electron chi connectivity index (χ1n) is 8.00. The maximum Gasteiger partial charge on any atom is 0.290 e. The Bertz CT molecular complexity index is 718. The SMILES string of the molecule is CC1CN(CCCNS(=O)(=O)c2ccc(Cl)cc2[N+](=O)[O-])CC(C)O1. The molecule has 1 fully saturated rings. The number of ether oxygens (including phenoxy) is 1. The van der Waals surface area contributed by atoms with Gasteiger partial charge in [0.05, 0.1) is 17.1 Å². The first-order chi connectivity index (χ1) is 11.7. The van der Waals surface area contributed by atoms with Crippen molar-refractivity contribution in [2.75, 3.05) is 26.2 Å². The van der Waals surface area contributed by atoms with Gasteiger partial charge in [0.25, 0.3) is 5.69 Å². The molecule has 0 aliphatic carbocycles. The molecule has 10 heteroatoms. The predicted molar refractivity (Wildman–Crippen MR) is 94.4 cm³/mol. The van der Waals surface area contributed by atoms with Crippen LogP contribution >= 0.6 is 11.6 Å². The lowest BCUT2D eigenvalue weighted by atomic mass is 10.2. The van der Waals surface area contributed by atoms with Crippen LogP contribution in [0, 0.1) is 10.1 Å². The van der Waals surface area contributed by atoms with Crippen molar-refractivity contribution >= 4 is 27.3 Å². The van der Waals surface area contributed by atoms with Gasteiger partial charge in [0.2, 0.25) is 10.0 Å². The van der Waals surface area contributed by atoms with Crippen LogP contribution in [-0.2, 0) is 14.8 Å². The number of nitro groups is 1. The summed E-state index contributed by atoms with van der Waals surface area (Å²) in [6.07, 6.45) is 0.898. The zero-order chi connectivity index (χ0) is 18.6. The molecule has 1 saturated heterocycles. The van der Waals surface area contributed by atoms with E-state index >= 15 is 0 Å². The predicted octanol–water partition coefficient (Wildman–Crippen LogP) is 2.03. The highest BCUT2D eigenvalue weighted by atomic mass is 35.5. The second-order valence-corrected chi connectivity index (χ2v) is 8.31. The van der Waals surface area contributed by atoms with Gasteiger partial charge in [-0.25, -0.2) is 13.1 Å². The molecule has 1 aromatic rings. The smallest absolute Gasteiger partial charge is 0.290 e. The highest BCUT2D eigenvalue weighted by Crippen LogP contribution is 2.26. The van der Waals surface area contributed by atoms with E-state index in [2.05, 4.69) is 9.62 Å². The minimum absolute atomic E-state index is 0.112. The third-order valence-electron chi connectivity index (χ3n) is 3.85. The van der Waals surface area contributed by atoms with Gasteiger partial charge in [0.15, 0.2) is 4.90 Å². The highest BCUT2D eigenvalue weighted by Gasteiger charge is 2.26. The molecule has 1 heterocycles. The van der Waals surface area contributed by atoms with Crippen molar-refractivity contribution in [3.8, 4) is 0 Å². The molecule has 1 N–H and O–H groups in total. The summed E-state index contributed by atoms with van der Waals surface area (Å²) in [7, 11) is -3.97. The van der Waals surface area contributed by atoms with Crippen LogP contribution in [0.1, 0.15) is 20.3 Å². The first kappa shape index (κ1) is 20.1. The molecule has 25 heavy (non-hydrogen) atoms. The van der Waals surface area contributed by atoms with Crippen LogP contribution in [0.3, 0.4) is 0 Å². The zero-order valence-electron chi connectivity index (χ0n) is 14.1. The second kappa shape index (κ2) is 8.41. The van der Waals surface area contributed by atoms with Gasteiger partial charge in [-0.2, -0.15) is 0 Å². The molecule has 140 valence electrons. The number of sulfonamides is 1. The molecule has 0 spiro atoms. The summed E-state index contributed by atoms with van der Waals surface area (Å²) in [5.74, 6) is 0. The van der Waals surface area contributed by atoms with Crippen molar-refractivity contribution in [3.05, 3.63) is 33.3 Å². The van der Waals surface area contributed by atoms with Crippen molar-refractivity contribution in [1.82, 2.24) is 9.62 Å². The Hall–Kier alpha value is -1.26. The summed E-state index contributed by atoms with van der Waals surface area (Å²) in [4.78, 5) is 12.1. The molecule has 0 aromatic heterocycles. The van der Waals surface area contributed by atoms with Crippen LogP contribution in [0.4, 0.5) is 5.69 Å². The van der Waals surface area contributed by atoms with Gasteiger partial charge in [-0.05, 0) is 38.9 Å². The first-order valence-corrected chi connectivity index (χ1v) is 9.86. The molecule has 1 aromatic carbocycles. The molecule has 1 aliphatic rings. The average Bonchev–Trinajstić information content (AvgIpc) is 2.50. The molecule has 1 aliphatic heterocycles. The van der Waals surface area contributed by atoms with Gasteiger partial charge < -0.3 is 4.74 Å². The number of benzene rings is 1. The molecule has 0 bridgehead atoms. The lowest BCUT2D eigenvalue weighted by molar-refractivity contribution is -0.387. The number of halogens is 1. The molecule has 0 radical (unpaired) electrons. The molecule has 8 nitrogen and oxygen atoms in total. The number of nitrogens with zero attached hydrogens (tertiary/aromatic N) is 2. The number of rotatable bonds is 7. The fourth-order valence-electron chi connectivity index (χ4n) is 2.91. The van der Waals surface area contributed by atoms with E-state index in [0.29, 0.717) is 6.42 Å². The topological polar surface area (TPSA) is 102 Å². The van der Waals surface area contributed by atoms with E-state index in [1.165, 1.54) is 6.07 Å². The lowest BCUT2D eigenvalue weighted by Crippen LogP contribution is -2.46. The van der Waals surface area contributed by atoms with Crippen LogP contribution in [-0.4, -0.2) is 56.6 Å². The summed E-state index contributed by atoms with van der Waals surface area (Å²) in [5, 5.41) is 11.2. The van der Waals surface area contributed by atoms with Gasteiger partial charge in [-0.15, -0.1) is 0 Å². The normalized spacial score (nSPS) is 22.0. The minimum Gasteiger partial charge on any atom is -0.373 e.